The van der Waals surface area contributed by atoms with Gasteiger partial charge in [0.15, 0.2) is 0 Å². The molecule has 0 atom stereocenters. The van der Waals surface area contributed by atoms with Crippen molar-refractivity contribution in [1.29, 1.82) is 0 Å². The minimum atomic E-state index is -0.596. The first-order chi connectivity index (χ1) is 28.8. The molecule has 0 N–H and O–H groups in total. The molecule has 1 aliphatic carbocycles. The van der Waals surface area contributed by atoms with Crippen LogP contribution in [0, 0.1) is 0 Å². The summed E-state index contributed by atoms with van der Waals surface area (Å²) < 4.78 is 2.61. The number of fused-ring (bicyclic) bond motifs is 6. The summed E-state index contributed by atoms with van der Waals surface area (Å²) in [6.45, 7) is 0. The van der Waals surface area contributed by atoms with Gasteiger partial charge in [0, 0.05) is 54.3 Å². The van der Waals surface area contributed by atoms with Gasteiger partial charge in [-0.25, -0.2) is 0 Å². The van der Waals surface area contributed by atoms with E-state index in [-0.39, 0.29) is 0 Å². The standard InChI is InChI=1S/C55H38N2S/c1-6-19-39(20-7-1)55(51-30-18-32-53-54(51)46-29-16-17-31-52(46)58-53)49-35-33-44(56(40-21-8-2-9-22-40)41-23-10-3-11-24-41)37-47(49)48-38-45(34-36-50(48)55)57(42-25-12-4-13-26-42)43-27-14-5-15-28-43/h1-38H. The Labute approximate surface area is 343 Å². The predicted octanol–water partition coefficient (Wildman–Crippen LogP) is 15.4. The Hall–Kier alpha value is -7.20. The van der Waals surface area contributed by atoms with E-state index in [9.17, 15) is 0 Å². The lowest BCUT2D eigenvalue weighted by Crippen LogP contribution is -2.29. The van der Waals surface area contributed by atoms with Crippen LogP contribution >= 0.6 is 11.3 Å². The first kappa shape index (κ1) is 34.1. The number of nitrogens with zero attached hydrogens (tertiary/aromatic N) is 2. The van der Waals surface area contributed by atoms with Crippen molar-refractivity contribution >= 4 is 65.6 Å². The number of hydrogen-bond acceptors (Lipinski definition) is 3. The Bertz CT molecular complexity index is 2840. The van der Waals surface area contributed by atoms with Gasteiger partial charge in [-0.1, -0.05) is 146 Å². The van der Waals surface area contributed by atoms with Crippen LogP contribution in [0.3, 0.4) is 0 Å². The molecular weight excluding hydrogens is 721 g/mol. The van der Waals surface area contributed by atoms with E-state index in [2.05, 4.69) is 240 Å². The molecule has 0 saturated carbocycles. The van der Waals surface area contributed by atoms with Gasteiger partial charge in [0.2, 0.25) is 0 Å². The summed E-state index contributed by atoms with van der Waals surface area (Å²) >= 11 is 1.88. The maximum absolute atomic E-state index is 2.43. The van der Waals surface area contributed by atoms with Gasteiger partial charge < -0.3 is 9.80 Å². The molecule has 274 valence electrons. The molecule has 10 aromatic rings. The van der Waals surface area contributed by atoms with Crippen molar-refractivity contribution in [3.05, 3.63) is 253 Å². The summed E-state index contributed by atoms with van der Waals surface area (Å²) in [5.74, 6) is 0. The predicted molar refractivity (Wildman–Crippen MR) is 246 cm³/mol. The largest absolute Gasteiger partial charge is 0.310 e. The molecule has 1 heterocycles. The summed E-state index contributed by atoms with van der Waals surface area (Å²) in [6, 6.07) is 84.2. The highest BCUT2D eigenvalue weighted by Crippen LogP contribution is 2.60. The molecule has 0 amide bonds. The lowest BCUT2D eigenvalue weighted by Gasteiger charge is -2.35. The van der Waals surface area contributed by atoms with E-state index in [0.717, 1.165) is 34.1 Å². The van der Waals surface area contributed by atoms with E-state index in [1.807, 2.05) is 11.3 Å². The quantitative estimate of drug-likeness (QED) is 0.152. The van der Waals surface area contributed by atoms with Crippen molar-refractivity contribution in [2.45, 2.75) is 5.41 Å². The minimum Gasteiger partial charge on any atom is -0.310 e. The van der Waals surface area contributed by atoms with Crippen molar-refractivity contribution in [3.63, 3.8) is 0 Å². The van der Waals surface area contributed by atoms with Crippen molar-refractivity contribution in [2.75, 3.05) is 9.80 Å². The van der Waals surface area contributed by atoms with Crippen molar-refractivity contribution in [2.24, 2.45) is 0 Å². The molecule has 1 aromatic heterocycles. The van der Waals surface area contributed by atoms with Gasteiger partial charge in [0.25, 0.3) is 0 Å². The normalized spacial score (nSPS) is 12.6. The summed E-state index contributed by atoms with van der Waals surface area (Å²) in [7, 11) is 0. The minimum absolute atomic E-state index is 0.596. The second-order valence-electron chi connectivity index (χ2n) is 14.9. The lowest BCUT2D eigenvalue weighted by atomic mass is 9.66. The highest BCUT2D eigenvalue weighted by molar-refractivity contribution is 7.25. The molecular formula is C55H38N2S. The summed E-state index contributed by atoms with van der Waals surface area (Å²) in [4.78, 5) is 4.75. The van der Waals surface area contributed by atoms with E-state index in [1.54, 1.807) is 0 Å². The van der Waals surface area contributed by atoms with Crippen LogP contribution in [-0.2, 0) is 5.41 Å². The third-order valence-electron chi connectivity index (χ3n) is 11.7. The molecule has 0 saturated heterocycles. The molecule has 1 aliphatic rings. The third kappa shape index (κ3) is 5.39. The van der Waals surface area contributed by atoms with Crippen LogP contribution in [-0.4, -0.2) is 0 Å². The van der Waals surface area contributed by atoms with Crippen LogP contribution in [0.1, 0.15) is 22.3 Å². The van der Waals surface area contributed by atoms with Gasteiger partial charge >= 0.3 is 0 Å². The van der Waals surface area contributed by atoms with E-state index in [4.69, 9.17) is 0 Å². The molecule has 0 fully saturated rings. The second-order valence-corrected chi connectivity index (χ2v) is 15.9. The van der Waals surface area contributed by atoms with Gasteiger partial charge in [0.1, 0.15) is 0 Å². The van der Waals surface area contributed by atoms with Gasteiger partial charge in [0.05, 0.1) is 5.41 Å². The van der Waals surface area contributed by atoms with Gasteiger partial charge in [-0.3, -0.25) is 0 Å². The number of benzene rings is 9. The van der Waals surface area contributed by atoms with E-state index < -0.39 is 5.41 Å². The second kappa shape index (κ2) is 14.1. The van der Waals surface area contributed by atoms with Crippen LogP contribution in [0.5, 0.6) is 0 Å². The molecule has 58 heavy (non-hydrogen) atoms. The third-order valence-corrected chi connectivity index (χ3v) is 12.8. The highest BCUT2D eigenvalue weighted by atomic mass is 32.1. The first-order valence-electron chi connectivity index (χ1n) is 19.9. The smallest absolute Gasteiger partial charge is 0.0720 e. The Balaban J connectivity index is 1.25. The topological polar surface area (TPSA) is 6.48 Å². The van der Waals surface area contributed by atoms with Crippen LogP contribution in [0.25, 0.3) is 31.3 Å². The Morgan fingerprint density at radius 3 is 1.21 bits per heavy atom. The van der Waals surface area contributed by atoms with Crippen LogP contribution in [0.4, 0.5) is 34.1 Å². The van der Waals surface area contributed by atoms with Gasteiger partial charge in [-0.2, -0.15) is 0 Å². The molecule has 0 aliphatic heterocycles. The fourth-order valence-corrected chi connectivity index (χ4v) is 10.5. The number of para-hydroxylation sites is 4. The fraction of sp³-hybridized carbons (Fsp3) is 0.0182. The van der Waals surface area contributed by atoms with Crippen molar-refractivity contribution < 1.29 is 0 Å². The zero-order valence-corrected chi connectivity index (χ0v) is 32.6. The van der Waals surface area contributed by atoms with Crippen molar-refractivity contribution in [1.82, 2.24) is 0 Å². The molecule has 0 spiro atoms. The fourth-order valence-electron chi connectivity index (χ4n) is 9.32. The zero-order valence-electron chi connectivity index (χ0n) is 31.7. The summed E-state index contributed by atoms with van der Waals surface area (Å²) in [6.07, 6.45) is 0. The first-order valence-corrected chi connectivity index (χ1v) is 20.7. The molecule has 0 bridgehead atoms. The van der Waals surface area contributed by atoms with Crippen LogP contribution in [0.15, 0.2) is 231 Å². The number of thiophene rings is 1. The highest BCUT2D eigenvalue weighted by Gasteiger charge is 2.47. The lowest BCUT2D eigenvalue weighted by molar-refractivity contribution is 0.777. The average molecular weight is 759 g/mol. The molecule has 3 heteroatoms. The number of anilines is 6. The number of rotatable bonds is 8. The Morgan fingerprint density at radius 2 is 0.724 bits per heavy atom. The maximum Gasteiger partial charge on any atom is 0.0720 e. The van der Waals surface area contributed by atoms with Crippen molar-refractivity contribution in [3.8, 4) is 11.1 Å². The van der Waals surface area contributed by atoms with E-state index >= 15 is 0 Å². The molecule has 0 radical (unpaired) electrons. The van der Waals surface area contributed by atoms with Crippen LogP contribution < -0.4 is 9.80 Å². The molecule has 0 unspecified atom stereocenters. The number of hydrogen-bond donors (Lipinski definition) is 0. The monoisotopic (exact) mass is 758 g/mol. The molecule has 2 nitrogen and oxygen atoms in total. The average Bonchev–Trinajstić information content (AvgIpc) is 3.82. The maximum atomic E-state index is 2.43. The zero-order chi connectivity index (χ0) is 38.5. The summed E-state index contributed by atoms with van der Waals surface area (Å²) in [5.41, 5.74) is 13.7. The van der Waals surface area contributed by atoms with Gasteiger partial charge in [-0.15, -0.1) is 11.3 Å². The van der Waals surface area contributed by atoms with Gasteiger partial charge in [-0.05, 0) is 118 Å². The molecule has 9 aromatic carbocycles. The molecule has 11 rings (SSSR count). The van der Waals surface area contributed by atoms with E-state index in [1.165, 1.54) is 53.6 Å². The Morgan fingerprint density at radius 1 is 0.310 bits per heavy atom. The summed E-state index contributed by atoms with van der Waals surface area (Å²) in [5, 5.41) is 2.62. The Kier molecular flexibility index (Phi) is 8.27. The SMILES string of the molecule is c1ccc(N(c2ccccc2)c2ccc3c(c2)-c2cc(N(c4ccccc4)c4ccccc4)ccc2C3(c2ccccc2)c2cccc3sc4ccccc4c23)cc1. The van der Waals surface area contributed by atoms with Crippen LogP contribution in [0.2, 0.25) is 0 Å². The van der Waals surface area contributed by atoms with E-state index in [0.29, 0.717) is 0 Å².